The van der Waals surface area contributed by atoms with Crippen LogP contribution in [0.2, 0.25) is 0 Å². The van der Waals surface area contributed by atoms with Gasteiger partial charge in [0.05, 0.1) is 11.8 Å². The predicted molar refractivity (Wildman–Crippen MR) is 117 cm³/mol. The van der Waals surface area contributed by atoms with E-state index in [4.69, 9.17) is 32.1 Å². The number of aryl methyl sites for hydroxylation is 1. The monoisotopic (exact) mass is 421 g/mol. The molecule has 8 heteroatoms. The number of fused-ring (bicyclic) bond motifs is 1. The Morgan fingerprint density at radius 1 is 1.33 bits per heavy atom. The number of allylic oxidation sites excluding steroid dienone is 4. The van der Waals surface area contributed by atoms with Gasteiger partial charge in [-0.1, -0.05) is 24.2 Å². The molecule has 3 aromatic rings. The zero-order chi connectivity index (χ0) is 21.7. The number of anilines is 1. The van der Waals surface area contributed by atoms with Gasteiger partial charge in [-0.05, 0) is 49.8 Å². The van der Waals surface area contributed by atoms with Crippen molar-refractivity contribution in [2.75, 3.05) is 5.73 Å². The molecule has 0 atom stereocenters. The first-order chi connectivity index (χ1) is 14.4. The summed E-state index contributed by atoms with van der Waals surface area (Å²) in [6, 6.07) is 11.1. The van der Waals surface area contributed by atoms with E-state index >= 15 is 0 Å². The van der Waals surface area contributed by atoms with E-state index in [1.54, 1.807) is 31.2 Å². The Hall–Kier alpha value is -3.76. The zero-order valence-electron chi connectivity index (χ0n) is 16.6. The van der Waals surface area contributed by atoms with Crippen LogP contribution in [0.15, 0.2) is 65.4 Å². The maximum Gasteiger partial charge on any atom is 0.183 e. The molecule has 0 radical (unpaired) electrons. The molecule has 0 bridgehead atoms. The van der Waals surface area contributed by atoms with Crippen molar-refractivity contribution in [3.63, 3.8) is 0 Å². The van der Waals surface area contributed by atoms with E-state index < -0.39 is 0 Å². The van der Waals surface area contributed by atoms with Gasteiger partial charge < -0.3 is 15.2 Å². The van der Waals surface area contributed by atoms with Gasteiger partial charge in [0.15, 0.2) is 5.65 Å². The first kappa shape index (κ1) is 21.0. The summed E-state index contributed by atoms with van der Waals surface area (Å²) in [6.07, 6.45) is 3.14. The number of aromatic nitrogens is 3. The third-order valence-corrected chi connectivity index (χ3v) is 4.23. The number of pyridine rings is 1. The molecule has 0 fully saturated rings. The van der Waals surface area contributed by atoms with Gasteiger partial charge in [0, 0.05) is 22.1 Å². The van der Waals surface area contributed by atoms with Crippen molar-refractivity contribution in [3.05, 3.63) is 76.7 Å². The molecule has 0 saturated carbocycles. The van der Waals surface area contributed by atoms with E-state index in [-0.39, 0.29) is 11.6 Å². The minimum absolute atomic E-state index is 0.263. The average molecular weight is 422 g/mol. The Morgan fingerprint density at radius 3 is 2.87 bits per heavy atom. The number of nitrogens with two attached hydrogens (primary N) is 1. The summed E-state index contributed by atoms with van der Waals surface area (Å²) < 4.78 is 11.9. The third kappa shape index (κ3) is 5.19. The zero-order valence-corrected chi connectivity index (χ0v) is 17.3. The number of nitrogens with zero attached hydrogens (tertiary/aromatic N) is 3. The molecule has 0 aliphatic rings. The molecule has 0 unspecified atom stereocenters. The summed E-state index contributed by atoms with van der Waals surface area (Å²) in [7, 11) is 0. The van der Waals surface area contributed by atoms with Crippen LogP contribution in [0.5, 0.6) is 11.5 Å². The van der Waals surface area contributed by atoms with Crippen LogP contribution in [0.25, 0.3) is 11.0 Å². The summed E-state index contributed by atoms with van der Waals surface area (Å²) in [4.78, 5) is 4.17. The Morgan fingerprint density at radius 2 is 2.13 bits per heavy atom. The van der Waals surface area contributed by atoms with E-state index in [0.29, 0.717) is 34.3 Å². The fraction of sp³-hybridized carbons (Fsp3) is 0.136. The third-order valence-electron chi connectivity index (χ3n) is 4.12. The highest BCUT2D eigenvalue weighted by atomic mass is 35.5. The fourth-order valence-electron chi connectivity index (χ4n) is 2.64. The van der Waals surface area contributed by atoms with E-state index in [1.165, 1.54) is 0 Å². The molecule has 1 aromatic carbocycles. The number of aromatic amines is 1. The van der Waals surface area contributed by atoms with Crippen molar-refractivity contribution in [1.82, 2.24) is 15.2 Å². The van der Waals surface area contributed by atoms with Crippen LogP contribution in [-0.2, 0) is 6.61 Å². The molecular weight excluding hydrogens is 402 g/mol. The number of nitrogen functional groups attached to an aromatic ring is 1. The lowest BCUT2D eigenvalue weighted by Gasteiger charge is -2.12. The fourth-order valence-corrected chi connectivity index (χ4v) is 2.75. The van der Waals surface area contributed by atoms with Crippen molar-refractivity contribution >= 4 is 28.5 Å². The molecule has 30 heavy (non-hydrogen) atoms. The summed E-state index contributed by atoms with van der Waals surface area (Å²) in [5, 5.41) is 17.2. The number of hydrogen-bond acceptors (Lipinski definition) is 6. The second kappa shape index (κ2) is 9.16. The summed E-state index contributed by atoms with van der Waals surface area (Å²) in [6.45, 7) is 7.50. The molecule has 2 aromatic heterocycles. The van der Waals surface area contributed by atoms with Crippen molar-refractivity contribution in [1.29, 1.82) is 5.26 Å². The van der Waals surface area contributed by atoms with Crippen molar-refractivity contribution in [3.8, 4) is 17.6 Å². The van der Waals surface area contributed by atoms with Gasteiger partial charge in [-0.25, -0.2) is 4.98 Å². The molecule has 0 amide bonds. The standard InChI is InChI=1S/C22H20ClN5O2/c1-13(11-24)8-17(9-15(3)23)30-20-10-16(5-4-14(20)2)29-12-19-18-6-7-21(25)26-22(18)28-27-19/h4-10H,3,12H2,1-2H3,(H3,25,26,27,28). The number of ether oxygens (including phenoxy) is 2. The molecular formula is C22H20ClN5O2. The summed E-state index contributed by atoms with van der Waals surface area (Å²) in [5.74, 6) is 1.98. The van der Waals surface area contributed by atoms with Crippen molar-refractivity contribution in [2.45, 2.75) is 20.5 Å². The van der Waals surface area contributed by atoms with E-state index in [9.17, 15) is 0 Å². The highest BCUT2D eigenvalue weighted by Gasteiger charge is 2.10. The second-order valence-electron chi connectivity index (χ2n) is 6.56. The number of rotatable bonds is 7. The largest absolute Gasteiger partial charge is 0.487 e. The Balaban J connectivity index is 1.80. The second-order valence-corrected chi connectivity index (χ2v) is 7.05. The van der Waals surface area contributed by atoms with E-state index in [2.05, 4.69) is 27.8 Å². The van der Waals surface area contributed by atoms with Gasteiger partial charge >= 0.3 is 0 Å². The normalized spacial score (nSPS) is 11.9. The molecule has 7 nitrogen and oxygen atoms in total. The van der Waals surface area contributed by atoms with E-state index in [0.717, 1.165) is 16.6 Å². The summed E-state index contributed by atoms with van der Waals surface area (Å²) >= 11 is 5.89. The molecule has 3 N–H and O–H groups in total. The van der Waals surface area contributed by atoms with Crippen LogP contribution in [0, 0.1) is 18.3 Å². The van der Waals surface area contributed by atoms with Crippen molar-refractivity contribution < 1.29 is 9.47 Å². The van der Waals surface area contributed by atoms with Crippen LogP contribution < -0.4 is 15.2 Å². The van der Waals surface area contributed by atoms with Crippen LogP contribution in [0.4, 0.5) is 5.82 Å². The molecule has 0 saturated heterocycles. The van der Waals surface area contributed by atoms with Gasteiger partial charge in [0.1, 0.15) is 29.7 Å². The molecule has 152 valence electrons. The number of nitrogens with one attached hydrogen (secondary N) is 1. The van der Waals surface area contributed by atoms with E-state index in [1.807, 2.05) is 25.1 Å². The van der Waals surface area contributed by atoms with Gasteiger partial charge in [0.2, 0.25) is 0 Å². The smallest absolute Gasteiger partial charge is 0.183 e. The lowest BCUT2D eigenvalue weighted by Crippen LogP contribution is -1.99. The number of H-pyrrole nitrogens is 1. The predicted octanol–water partition coefficient (Wildman–Crippen LogP) is 4.91. The van der Waals surface area contributed by atoms with Crippen LogP contribution in [-0.4, -0.2) is 15.2 Å². The molecule has 0 aliphatic heterocycles. The topological polar surface area (TPSA) is 110 Å². The number of nitriles is 1. The Labute approximate surface area is 179 Å². The molecule has 0 aliphatic carbocycles. The molecule has 0 spiro atoms. The first-order valence-corrected chi connectivity index (χ1v) is 9.39. The minimum atomic E-state index is 0.263. The molecule has 3 rings (SSSR count). The highest BCUT2D eigenvalue weighted by Crippen LogP contribution is 2.28. The van der Waals surface area contributed by atoms with Crippen molar-refractivity contribution in [2.24, 2.45) is 0 Å². The lowest BCUT2D eigenvalue weighted by atomic mass is 10.2. The maximum atomic E-state index is 9.04. The number of benzene rings is 1. The summed E-state index contributed by atoms with van der Waals surface area (Å²) in [5.41, 5.74) is 8.38. The highest BCUT2D eigenvalue weighted by molar-refractivity contribution is 6.30. The van der Waals surface area contributed by atoms with Gasteiger partial charge in [-0.3, -0.25) is 5.10 Å². The van der Waals surface area contributed by atoms with Gasteiger partial charge in [-0.2, -0.15) is 10.4 Å². The quantitative estimate of drug-likeness (QED) is 0.318. The Bertz CT molecular complexity index is 1200. The number of halogens is 1. The van der Waals surface area contributed by atoms with Gasteiger partial charge in [-0.15, -0.1) is 0 Å². The Kier molecular flexibility index (Phi) is 6.40. The minimum Gasteiger partial charge on any atom is -0.487 e. The van der Waals surface area contributed by atoms with Gasteiger partial charge in [0.25, 0.3) is 0 Å². The lowest BCUT2D eigenvalue weighted by molar-refractivity contribution is 0.300. The SMILES string of the molecule is C=C(Cl)C=C(C=C(C)C#N)Oc1cc(OCc2[nH]nc3nc(N)ccc23)ccc1C. The molecule has 2 heterocycles. The average Bonchev–Trinajstić information content (AvgIpc) is 3.09. The maximum absolute atomic E-state index is 9.04. The first-order valence-electron chi connectivity index (χ1n) is 9.01. The van der Waals surface area contributed by atoms with Crippen LogP contribution in [0.1, 0.15) is 18.2 Å². The van der Waals surface area contributed by atoms with Crippen LogP contribution in [0.3, 0.4) is 0 Å². The van der Waals surface area contributed by atoms with Crippen LogP contribution >= 0.6 is 11.6 Å². The number of hydrogen-bond donors (Lipinski definition) is 2.